The van der Waals surface area contributed by atoms with E-state index in [0.29, 0.717) is 6.42 Å². The lowest BCUT2D eigenvalue weighted by molar-refractivity contribution is 0.0187. The van der Waals surface area contributed by atoms with Crippen molar-refractivity contribution in [2.75, 3.05) is 18.9 Å². The Morgan fingerprint density at radius 2 is 2.25 bits per heavy atom. The van der Waals surface area contributed by atoms with Crippen LogP contribution in [0.5, 0.6) is 0 Å². The van der Waals surface area contributed by atoms with Crippen LogP contribution >= 0.6 is 0 Å². The van der Waals surface area contributed by atoms with Crippen LogP contribution < -0.4 is 21.4 Å². The fourth-order valence-electron chi connectivity index (χ4n) is 3.06. The van der Waals surface area contributed by atoms with Crippen LogP contribution in [0, 0.1) is 0 Å². The van der Waals surface area contributed by atoms with Crippen LogP contribution in [-0.2, 0) is 13.0 Å². The van der Waals surface area contributed by atoms with Crippen LogP contribution in [0.1, 0.15) is 24.5 Å². The SMILES string of the molecule is CC1=NC(NC(=O)Nc2ccc3c(c2)CCNC3)N(C)C(NO)C1. The number of fused-ring (bicyclic) bond motifs is 1. The number of rotatable bonds is 3. The minimum absolute atomic E-state index is 0.274. The highest BCUT2D eigenvalue weighted by atomic mass is 16.5. The van der Waals surface area contributed by atoms with Crippen LogP contribution in [0.3, 0.4) is 0 Å². The van der Waals surface area contributed by atoms with E-state index in [-0.39, 0.29) is 12.2 Å². The molecule has 8 heteroatoms. The molecule has 0 spiro atoms. The van der Waals surface area contributed by atoms with E-state index in [4.69, 9.17) is 0 Å². The van der Waals surface area contributed by atoms with Crippen LogP contribution in [-0.4, -0.2) is 47.9 Å². The number of amides is 2. The molecule has 0 aromatic heterocycles. The molecule has 1 aromatic carbocycles. The Kier molecular flexibility index (Phi) is 5.10. The Hall–Kier alpha value is -2.00. The second-order valence-corrected chi connectivity index (χ2v) is 6.26. The summed E-state index contributed by atoms with van der Waals surface area (Å²) in [5.74, 6) is 0. The number of hydrogen-bond acceptors (Lipinski definition) is 6. The van der Waals surface area contributed by atoms with E-state index in [2.05, 4.69) is 26.4 Å². The summed E-state index contributed by atoms with van der Waals surface area (Å²) in [6.07, 6.45) is 0.769. The first-order valence-electron chi connectivity index (χ1n) is 8.11. The Morgan fingerprint density at radius 3 is 3.04 bits per heavy atom. The van der Waals surface area contributed by atoms with Gasteiger partial charge in [-0.2, -0.15) is 5.48 Å². The quantitative estimate of drug-likeness (QED) is 0.528. The third-order valence-electron chi connectivity index (χ3n) is 4.47. The summed E-state index contributed by atoms with van der Waals surface area (Å²) in [4.78, 5) is 18.5. The van der Waals surface area contributed by atoms with Gasteiger partial charge in [-0.05, 0) is 50.2 Å². The van der Waals surface area contributed by atoms with E-state index < -0.39 is 6.29 Å². The molecule has 1 aromatic rings. The lowest BCUT2D eigenvalue weighted by Crippen LogP contribution is -2.57. The normalized spacial score (nSPS) is 24.0. The zero-order valence-electron chi connectivity index (χ0n) is 14.0. The number of nitrogens with one attached hydrogen (secondary N) is 4. The van der Waals surface area contributed by atoms with E-state index in [0.717, 1.165) is 30.9 Å². The molecule has 2 heterocycles. The van der Waals surface area contributed by atoms with E-state index in [1.54, 1.807) is 11.9 Å². The number of aliphatic imine (C=N–C) groups is 1. The summed E-state index contributed by atoms with van der Waals surface area (Å²) in [5, 5.41) is 18.2. The summed E-state index contributed by atoms with van der Waals surface area (Å²) in [7, 11) is 1.79. The zero-order valence-corrected chi connectivity index (χ0v) is 14.0. The van der Waals surface area contributed by atoms with Crippen molar-refractivity contribution in [3.8, 4) is 0 Å². The van der Waals surface area contributed by atoms with Gasteiger partial charge in [-0.3, -0.25) is 4.99 Å². The predicted molar refractivity (Wildman–Crippen MR) is 92.0 cm³/mol. The third-order valence-corrected chi connectivity index (χ3v) is 4.47. The Balaban J connectivity index is 1.64. The van der Waals surface area contributed by atoms with Crippen molar-refractivity contribution in [3.05, 3.63) is 29.3 Å². The van der Waals surface area contributed by atoms with Crippen LogP contribution in [0.2, 0.25) is 0 Å². The maximum atomic E-state index is 12.3. The average Bonchev–Trinajstić information content (AvgIpc) is 2.57. The third kappa shape index (κ3) is 3.73. The highest BCUT2D eigenvalue weighted by molar-refractivity contribution is 5.90. The summed E-state index contributed by atoms with van der Waals surface area (Å²) in [6, 6.07) is 5.64. The van der Waals surface area contributed by atoms with Gasteiger partial charge in [0.1, 0.15) is 0 Å². The molecule has 5 N–H and O–H groups in total. The smallest absolute Gasteiger partial charge is 0.315 e. The number of hydrogen-bond donors (Lipinski definition) is 5. The van der Waals surface area contributed by atoms with Gasteiger partial charge in [-0.15, -0.1) is 0 Å². The molecule has 0 aliphatic carbocycles. The van der Waals surface area contributed by atoms with Crippen molar-refractivity contribution in [1.82, 2.24) is 21.0 Å². The summed E-state index contributed by atoms with van der Waals surface area (Å²) in [6.45, 7) is 3.71. The Bertz CT molecular complexity index is 647. The van der Waals surface area contributed by atoms with E-state index in [1.807, 2.05) is 25.1 Å². The minimum Gasteiger partial charge on any atom is -0.315 e. The van der Waals surface area contributed by atoms with Crippen LogP contribution in [0.4, 0.5) is 10.5 Å². The fourth-order valence-corrected chi connectivity index (χ4v) is 3.06. The molecule has 130 valence electrons. The largest absolute Gasteiger partial charge is 0.321 e. The standard InChI is InChI=1S/C16H24N6O2/c1-10-7-14(21-24)22(2)15(18-10)20-16(23)19-13-4-3-12-9-17-6-5-11(12)8-13/h3-4,8,14-15,17,21,24H,5-7,9H2,1-2H3,(H2,19,20,23). The average molecular weight is 332 g/mol. The molecule has 2 aliphatic heterocycles. The van der Waals surface area contributed by atoms with Crippen molar-refractivity contribution < 1.29 is 10.0 Å². The van der Waals surface area contributed by atoms with E-state index in [9.17, 15) is 10.0 Å². The lowest BCUT2D eigenvalue weighted by atomic mass is 10.0. The number of urea groups is 1. The van der Waals surface area contributed by atoms with Gasteiger partial charge in [0, 0.05) is 24.4 Å². The highest BCUT2D eigenvalue weighted by Gasteiger charge is 2.28. The molecule has 2 aliphatic rings. The van der Waals surface area contributed by atoms with Gasteiger partial charge < -0.3 is 21.2 Å². The predicted octanol–water partition coefficient (Wildman–Crippen LogP) is 0.839. The molecule has 24 heavy (non-hydrogen) atoms. The second kappa shape index (κ2) is 7.27. The number of benzene rings is 1. The molecule has 8 nitrogen and oxygen atoms in total. The van der Waals surface area contributed by atoms with Gasteiger partial charge in [-0.1, -0.05) is 6.07 Å². The minimum atomic E-state index is -0.523. The summed E-state index contributed by atoms with van der Waals surface area (Å²) >= 11 is 0. The Labute approximate surface area is 141 Å². The van der Waals surface area contributed by atoms with Crippen LogP contribution in [0.15, 0.2) is 23.2 Å². The number of hydroxylamine groups is 1. The summed E-state index contributed by atoms with van der Waals surface area (Å²) in [5.41, 5.74) is 6.41. The fraction of sp³-hybridized carbons (Fsp3) is 0.500. The number of carbonyl (C=O) groups excluding carboxylic acids is 1. The molecular formula is C16H24N6O2. The number of nitrogens with zero attached hydrogens (tertiary/aromatic N) is 2. The molecule has 2 atom stereocenters. The maximum Gasteiger partial charge on any atom is 0.321 e. The zero-order chi connectivity index (χ0) is 17.1. The first kappa shape index (κ1) is 16.8. The van der Waals surface area contributed by atoms with Crippen molar-refractivity contribution in [1.29, 1.82) is 0 Å². The first-order valence-corrected chi connectivity index (χ1v) is 8.11. The monoisotopic (exact) mass is 332 g/mol. The maximum absolute atomic E-state index is 12.3. The molecule has 0 radical (unpaired) electrons. The molecular weight excluding hydrogens is 308 g/mol. The van der Waals surface area contributed by atoms with Gasteiger partial charge in [0.2, 0.25) is 0 Å². The summed E-state index contributed by atoms with van der Waals surface area (Å²) < 4.78 is 0. The molecule has 0 saturated heterocycles. The molecule has 0 saturated carbocycles. The Morgan fingerprint density at radius 1 is 1.42 bits per heavy atom. The molecule has 2 unspecified atom stereocenters. The topological polar surface area (TPSA) is 101 Å². The molecule has 3 rings (SSSR count). The van der Waals surface area contributed by atoms with Crippen molar-refractivity contribution in [2.24, 2.45) is 4.99 Å². The van der Waals surface area contributed by atoms with Gasteiger partial charge in [0.25, 0.3) is 0 Å². The molecule has 0 fully saturated rings. The van der Waals surface area contributed by atoms with E-state index >= 15 is 0 Å². The van der Waals surface area contributed by atoms with Crippen molar-refractivity contribution in [2.45, 2.75) is 38.8 Å². The molecule has 2 amide bonds. The van der Waals surface area contributed by atoms with Gasteiger partial charge in [0.15, 0.2) is 6.29 Å². The molecule has 0 bridgehead atoms. The second-order valence-electron chi connectivity index (χ2n) is 6.26. The van der Waals surface area contributed by atoms with Crippen molar-refractivity contribution >= 4 is 17.4 Å². The van der Waals surface area contributed by atoms with Gasteiger partial charge in [0.05, 0.1) is 6.17 Å². The lowest BCUT2D eigenvalue weighted by Gasteiger charge is -2.36. The number of anilines is 1. The first-order chi connectivity index (χ1) is 11.6. The highest BCUT2D eigenvalue weighted by Crippen LogP contribution is 2.19. The van der Waals surface area contributed by atoms with Gasteiger partial charge >= 0.3 is 6.03 Å². The van der Waals surface area contributed by atoms with Crippen molar-refractivity contribution in [3.63, 3.8) is 0 Å². The van der Waals surface area contributed by atoms with Gasteiger partial charge in [-0.25, -0.2) is 9.69 Å². The number of carbonyl (C=O) groups is 1. The van der Waals surface area contributed by atoms with Crippen LogP contribution in [0.25, 0.3) is 0 Å². The van der Waals surface area contributed by atoms with E-state index in [1.165, 1.54) is 11.1 Å².